The van der Waals surface area contributed by atoms with E-state index >= 15 is 0 Å². The number of thiazole rings is 1. The first-order chi connectivity index (χ1) is 18.7. The first-order valence-corrected chi connectivity index (χ1v) is 12.2. The number of carbonyl (C=O) groups is 2. The molecule has 0 aliphatic heterocycles. The van der Waals surface area contributed by atoms with Crippen LogP contribution in [0.3, 0.4) is 0 Å². The van der Waals surface area contributed by atoms with Gasteiger partial charge < -0.3 is 14.9 Å². The Labute approximate surface area is 222 Å². The fourth-order valence-corrected chi connectivity index (χ4v) is 4.36. The molecule has 4 aromatic rings. The van der Waals surface area contributed by atoms with Gasteiger partial charge in [0.2, 0.25) is 5.91 Å². The summed E-state index contributed by atoms with van der Waals surface area (Å²) in [6, 6.07) is 13.4. The molecule has 0 saturated heterocycles. The van der Waals surface area contributed by atoms with Crippen molar-refractivity contribution in [3.8, 4) is 17.6 Å². The van der Waals surface area contributed by atoms with Crippen molar-refractivity contribution in [1.82, 2.24) is 9.97 Å². The van der Waals surface area contributed by atoms with Crippen LogP contribution in [-0.4, -0.2) is 22.0 Å². The van der Waals surface area contributed by atoms with Gasteiger partial charge in [-0.1, -0.05) is 17.4 Å². The minimum absolute atomic E-state index is 0.0158. The molecule has 2 aromatic heterocycles. The molecule has 0 radical (unpaired) electrons. The normalized spacial score (nSPS) is 12.9. The van der Waals surface area contributed by atoms with Gasteiger partial charge in [-0.25, -0.2) is 20.2 Å². The fourth-order valence-electron chi connectivity index (χ4n) is 3.41. The quantitative estimate of drug-likeness (QED) is 0.226. The number of pyridine rings is 1. The molecule has 2 amide bonds. The molecule has 3 N–H and O–H groups in total. The monoisotopic (exact) mass is 554 g/mol. The van der Waals surface area contributed by atoms with Crippen molar-refractivity contribution in [3.05, 3.63) is 66.0 Å². The first kappa shape index (κ1) is 25.7. The van der Waals surface area contributed by atoms with E-state index in [4.69, 9.17) is 9.57 Å². The summed E-state index contributed by atoms with van der Waals surface area (Å²) in [5.74, 6) is 0.487. The highest BCUT2D eigenvalue weighted by Gasteiger charge is 2.32. The van der Waals surface area contributed by atoms with E-state index in [1.165, 1.54) is 17.4 Å². The molecule has 0 spiro atoms. The summed E-state index contributed by atoms with van der Waals surface area (Å²) in [6.45, 7) is 0. The van der Waals surface area contributed by atoms with Gasteiger partial charge in [0.25, 0.3) is 0 Å². The molecule has 0 bridgehead atoms. The lowest BCUT2D eigenvalue weighted by atomic mass is 10.2. The van der Waals surface area contributed by atoms with Crippen LogP contribution in [0.25, 0.3) is 10.2 Å². The van der Waals surface area contributed by atoms with E-state index in [1.54, 1.807) is 30.3 Å². The van der Waals surface area contributed by atoms with E-state index in [0.29, 0.717) is 21.1 Å². The smallest absolute Gasteiger partial charge is 0.435 e. The predicted molar refractivity (Wildman–Crippen MR) is 135 cm³/mol. The standard InChI is InChI=1S/C25H17F3N6O4S/c26-25(27,28)20-9-6-15(12-30-20)34-38-24(36)31-14-2-1-3-16(10-14)37-19-8-7-18-21(17(19)11-29)39-23(32-18)33-22(35)13-4-5-13/h1-3,6-10,12-13,34H,4-5H2,(H,31,36)(H,32,33,35). The van der Waals surface area contributed by atoms with Crippen LogP contribution in [0.5, 0.6) is 11.5 Å². The number of ether oxygens (including phenoxy) is 1. The fraction of sp³-hybridized carbons (Fsp3) is 0.160. The van der Waals surface area contributed by atoms with E-state index in [2.05, 4.69) is 32.2 Å². The third-order valence-corrected chi connectivity index (χ3v) is 6.44. The highest BCUT2D eigenvalue weighted by molar-refractivity contribution is 7.22. The largest absolute Gasteiger partial charge is 0.456 e. The predicted octanol–water partition coefficient (Wildman–Crippen LogP) is 6.30. The molecule has 5 rings (SSSR count). The number of carbonyl (C=O) groups excluding carboxylic acids is 2. The summed E-state index contributed by atoms with van der Waals surface area (Å²) in [7, 11) is 0. The Kier molecular flexibility index (Phi) is 6.90. The molecule has 1 fully saturated rings. The van der Waals surface area contributed by atoms with E-state index in [0.717, 1.165) is 31.2 Å². The second kappa shape index (κ2) is 10.5. The van der Waals surface area contributed by atoms with Crippen molar-refractivity contribution in [1.29, 1.82) is 5.26 Å². The van der Waals surface area contributed by atoms with Crippen molar-refractivity contribution in [2.75, 3.05) is 16.1 Å². The maximum absolute atomic E-state index is 12.6. The Morgan fingerprint density at radius 1 is 1.08 bits per heavy atom. The first-order valence-electron chi connectivity index (χ1n) is 11.4. The molecule has 39 heavy (non-hydrogen) atoms. The van der Waals surface area contributed by atoms with Crippen molar-refractivity contribution in [2.24, 2.45) is 5.92 Å². The minimum Gasteiger partial charge on any atom is -0.456 e. The van der Waals surface area contributed by atoms with E-state index < -0.39 is 18.0 Å². The molecule has 2 heterocycles. The number of benzene rings is 2. The SMILES string of the molecule is N#Cc1c(Oc2cccc(NC(=O)ONc3ccc(C(F)(F)F)nc3)c2)ccc2nc(NC(=O)C3CC3)sc12. The number of nitrogens with one attached hydrogen (secondary N) is 3. The Morgan fingerprint density at radius 2 is 1.90 bits per heavy atom. The van der Waals surface area contributed by atoms with Crippen LogP contribution in [0.2, 0.25) is 0 Å². The summed E-state index contributed by atoms with van der Waals surface area (Å²) in [5.41, 5.74) is 2.24. The van der Waals surface area contributed by atoms with Gasteiger partial charge >= 0.3 is 12.3 Å². The maximum Gasteiger partial charge on any atom is 0.435 e. The molecular weight excluding hydrogens is 537 g/mol. The highest BCUT2D eigenvalue weighted by Crippen LogP contribution is 2.37. The molecule has 1 aliphatic rings. The average Bonchev–Trinajstić information content (AvgIpc) is 3.68. The lowest BCUT2D eigenvalue weighted by Crippen LogP contribution is -2.17. The summed E-state index contributed by atoms with van der Waals surface area (Å²) in [6.07, 6.45) is -2.94. The Hall–Kier alpha value is -4.90. The number of hydrogen-bond donors (Lipinski definition) is 3. The number of aromatic nitrogens is 2. The van der Waals surface area contributed by atoms with Crippen LogP contribution >= 0.6 is 11.3 Å². The highest BCUT2D eigenvalue weighted by atomic mass is 32.1. The number of anilines is 3. The van der Waals surface area contributed by atoms with Crippen molar-refractivity contribution < 1.29 is 32.3 Å². The van der Waals surface area contributed by atoms with Crippen LogP contribution in [0.15, 0.2) is 54.7 Å². The zero-order valence-corrected chi connectivity index (χ0v) is 20.5. The van der Waals surface area contributed by atoms with Crippen molar-refractivity contribution in [2.45, 2.75) is 19.0 Å². The van der Waals surface area contributed by atoms with Crippen LogP contribution in [0.1, 0.15) is 24.1 Å². The summed E-state index contributed by atoms with van der Waals surface area (Å²) in [4.78, 5) is 36.6. The van der Waals surface area contributed by atoms with E-state index in [1.807, 2.05) is 0 Å². The van der Waals surface area contributed by atoms with Crippen LogP contribution in [-0.2, 0) is 15.8 Å². The zero-order valence-electron chi connectivity index (χ0n) is 19.7. The molecule has 10 nitrogen and oxygen atoms in total. The van der Waals surface area contributed by atoms with E-state index in [9.17, 15) is 28.0 Å². The third-order valence-electron chi connectivity index (χ3n) is 5.43. The number of alkyl halides is 3. The van der Waals surface area contributed by atoms with Gasteiger partial charge in [-0.05, 0) is 49.2 Å². The number of nitriles is 1. The second-order valence-electron chi connectivity index (χ2n) is 8.36. The molecule has 14 heteroatoms. The van der Waals surface area contributed by atoms with Gasteiger partial charge in [-0.3, -0.25) is 10.1 Å². The zero-order chi connectivity index (χ0) is 27.6. The van der Waals surface area contributed by atoms with Gasteiger partial charge in [-0.2, -0.15) is 18.4 Å². The molecule has 0 unspecified atom stereocenters. The van der Waals surface area contributed by atoms with Gasteiger partial charge in [0.15, 0.2) is 5.13 Å². The number of amides is 2. The number of fused-ring (bicyclic) bond motifs is 1. The maximum atomic E-state index is 12.6. The Morgan fingerprint density at radius 3 is 2.59 bits per heavy atom. The molecular formula is C25H17F3N6O4S. The van der Waals surface area contributed by atoms with Gasteiger partial charge in [0.05, 0.1) is 22.1 Å². The van der Waals surface area contributed by atoms with Crippen LogP contribution in [0, 0.1) is 17.2 Å². The molecule has 0 atom stereocenters. The lowest BCUT2D eigenvalue weighted by molar-refractivity contribution is -0.141. The van der Waals surface area contributed by atoms with Crippen molar-refractivity contribution >= 4 is 50.1 Å². The summed E-state index contributed by atoms with van der Waals surface area (Å²) >= 11 is 1.18. The summed E-state index contributed by atoms with van der Waals surface area (Å²) < 4.78 is 44.3. The molecule has 1 aliphatic carbocycles. The number of halogens is 3. The molecule has 2 aromatic carbocycles. The van der Waals surface area contributed by atoms with Crippen LogP contribution < -0.4 is 20.9 Å². The second-order valence-corrected chi connectivity index (χ2v) is 9.36. The van der Waals surface area contributed by atoms with Crippen LogP contribution in [0.4, 0.5) is 34.5 Å². The average molecular weight is 555 g/mol. The topological polar surface area (TPSA) is 138 Å². The molecule has 198 valence electrons. The van der Waals surface area contributed by atoms with E-state index in [-0.39, 0.29) is 34.5 Å². The Bertz CT molecular complexity index is 1600. The van der Waals surface area contributed by atoms with Gasteiger partial charge in [-0.15, -0.1) is 0 Å². The van der Waals surface area contributed by atoms with Gasteiger partial charge in [0.1, 0.15) is 28.8 Å². The Balaban J connectivity index is 1.23. The number of nitrogens with zero attached hydrogens (tertiary/aromatic N) is 3. The number of hydrogen-bond acceptors (Lipinski definition) is 9. The minimum atomic E-state index is -4.58. The number of rotatable bonds is 7. The lowest BCUT2D eigenvalue weighted by Gasteiger charge is -2.11. The molecule has 1 saturated carbocycles. The summed E-state index contributed by atoms with van der Waals surface area (Å²) in [5, 5.41) is 15.4. The third kappa shape index (κ3) is 6.16. The van der Waals surface area contributed by atoms with Crippen molar-refractivity contribution in [3.63, 3.8) is 0 Å². The van der Waals surface area contributed by atoms with Gasteiger partial charge in [0, 0.05) is 17.7 Å².